The van der Waals surface area contributed by atoms with Crippen LogP contribution in [-0.2, 0) is 16.6 Å². The third-order valence-corrected chi connectivity index (χ3v) is 5.24. The van der Waals surface area contributed by atoms with Gasteiger partial charge in [-0.3, -0.25) is 0 Å². The Kier molecular flexibility index (Phi) is 4.47. The first-order valence-corrected chi connectivity index (χ1v) is 8.20. The molecule has 0 amide bonds. The molecule has 2 aromatic carbocycles. The Morgan fingerprint density at radius 3 is 2.50 bits per heavy atom. The molecule has 0 saturated carbocycles. The number of anilines is 1. The van der Waals surface area contributed by atoms with Crippen molar-refractivity contribution in [2.24, 2.45) is 0 Å². The average Bonchev–Trinajstić information content (AvgIpc) is 2.41. The summed E-state index contributed by atoms with van der Waals surface area (Å²) in [5.41, 5.74) is 7.22. The molecule has 0 radical (unpaired) electrons. The van der Waals surface area contributed by atoms with E-state index in [9.17, 15) is 8.42 Å². The molecular formula is C14H15BrN2O2S. The Morgan fingerprint density at radius 1 is 1.15 bits per heavy atom. The van der Waals surface area contributed by atoms with Gasteiger partial charge in [-0.15, -0.1) is 0 Å². The molecule has 2 rings (SSSR count). The zero-order valence-electron chi connectivity index (χ0n) is 11.0. The van der Waals surface area contributed by atoms with E-state index in [1.165, 1.54) is 4.31 Å². The van der Waals surface area contributed by atoms with Gasteiger partial charge in [-0.05, 0) is 29.8 Å². The fourth-order valence-electron chi connectivity index (χ4n) is 1.81. The van der Waals surface area contributed by atoms with Crippen LogP contribution in [0.4, 0.5) is 5.69 Å². The van der Waals surface area contributed by atoms with Crippen LogP contribution in [0.5, 0.6) is 0 Å². The number of sulfonamides is 1. The normalized spacial score (nSPS) is 11.8. The molecule has 0 heterocycles. The quantitative estimate of drug-likeness (QED) is 0.858. The minimum atomic E-state index is -3.53. The van der Waals surface area contributed by atoms with Crippen molar-refractivity contribution in [3.8, 4) is 0 Å². The van der Waals surface area contributed by atoms with E-state index in [-0.39, 0.29) is 11.4 Å². The first kappa shape index (κ1) is 15.0. The van der Waals surface area contributed by atoms with Crippen molar-refractivity contribution in [3.63, 3.8) is 0 Å². The number of nitrogens with two attached hydrogens (primary N) is 1. The molecule has 0 atom stereocenters. The molecule has 0 aliphatic heterocycles. The number of nitrogen functional groups attached to an aromatic ring is 1. The van der Waals surface area contributed by atoms with E-state index in [0.29, 0.717) is 5.69 Å². The highest BCUT2D eigenvalue weighted by Gasteiger charge is 2.21. The number of hydrogen-bond donors (Lipinski definition) is 1. The van der Waals surface area contributed by atoms with Crippen molar-refractivity contribution in [1.29, 1.82) is 0 Å². The lowest BCUT2D eigenvalue weighted by Gasteiger charge is -2.18. The maximum absolute atomic E-state index is 12.5. The van der Waals surface area contributed by atoms with Crippen molar-refractivity contribution in [2.45, 2.75) is 11.4 Å². The molecule has 4 nitrogen and oxygen atoms in total. The second kappa shape index (κ2) is 5.95. The van der Waals surface area contributed by atoms with Gasteiger partial charge in [0.25, 0.3) is 0 Å². The number of nitrogens with zero attached hydrogens (tertiary/aromatic N) is 1. The molecule has 0 unspecified atom stereocenters. The number of benzene rings is 2. The summed E-state index contributed by atoms with van der Waals surface area (Å²) in [5.74, 6) is 0. The van der Waals surface area contributed by atoms with Crippen LogP contribution in [0, 0.1) is 0 Å². The zero-order chi connectivity index (χ0) is 14.8. The number of halogens is 1. The van der Waals surface area contributed by atoms with Gasteiger partial charge in [0.15, 0.2) is 0 Å². The Labute approximate surface area is 127 Å². The highest BCUT2D eigenvalue weighted by Crippen LogP contribution is 2.21. The Bertz CT molecular complexity index is 717. The second-order valence-corrected chi connectivity index (χ2v) is 7.38. The fourth-order valence-corrected chi connectivity index (χ4v) is 3.56. The van der Waals surface area contributed by atoms with Crippen LogP contribution in [0.1, 0.15) is 5.56 Å². The molecule has 0 saturated heterocycles. The van der Waals surface area contributed by atoms with Gasteiger partial charge in [0, 0.05) is 23.8 Å². The molecular weight excluding hydrogens is 340 g/mol. The highest BCUT2D eigenvalue weighted by molar-refractivity contribution is 9.10. The largest absolute Gasteiger partial charge is 0.398 e. The van der Waals surface area contributed by atoms with Gasteiger partial charge in [0.2, 0.25) is 10.0 Å². The molecule has 6 heteroatoms. The second-order valence-electron chi connectivity index (χ2n) is 4.42. The minimum absolute atomic E-state index is 0.238. The highest BCUT2D eigenvalue weighted by atomic mass is 79.9. The first-order valence-electron chi connectivity index (χ1n) is 5.96. The van der Waals surface area contributed by atoms with Gasteiger partial charge >= 0.3 is 0 Å². The summed E-state index contributed by atoms with van der Waals surface area (Å²) in [4.78, 5) is 0.254. The SMILES string of the molecule is CN(Cc1ccccc1N)S(=O)(=O)c1cccc(Br)c1. The molecule has 0 aliphatic rings. The van der Waals surface area contributed by atoms with Gasteiger partial charge in [-0.25, -0.2) is 8.42 Å². The molecule has 0 spiro atoms. The van der Waals surface area contributed by atoms with Gasteiger partial charge in [-0.1, -0.05) is 40.2 Å². The number of rotatable bonds is 4. The summed E-state index contributed by atoms with van der Waals surface area (Å²) < 4.78 is 26.9. The summed E-state index contributed by atoms with van der Waals surface area (Å²) in [6, 6.07) is 13.9. The Morgan fingerprint density at radius 2 is 1.85 bits per heavy atom. The van der Waals surface area contributed by atoms with Crippen LogP contribution >= 0.6 is 15.9 Å². The van der Waals surface area contributed by atoms with Crippen molar-refractivity contribution in [3.05, 3.63) is 58.6 Å². The van der Waals surface area contributed by atoms with E-state index in [0.717, 1.165) is 10.0 Å². The molecule has 20 heavy (non-hydrogen) atoms. The lowest BCUT2D eigenvalue weighted by molar-refractivity contribution is 0.467. The zero-order valence-corrected chi connectivity index (χ0v) is 13.4. The maximum Gasteiger partial charge on any atom is 0.243 e. The van der Waals surface area contributed by atoms with E-state index in [4.69, 9.17) is 5.73 Å². The van der Waals surface area contributed by atoms with E-state index in [1.54, 1.807) is 37.4 Å². The standard InChI is InChI=1S/C14H15BrN2O2S/c1-17(10-11-5-2-3-8-14(11)16)20(18,19)13-7-4-6-12(15)9-13/h2-9H,10,16H2,1H3. The monoisotopic (exact) mass is 354 g/mol. The van der Waals surface area contributed by atoms with Crippen LogP contribution in [0.15, 0.2) is 57.9 Å². The van der Waals surface area contributed by atoms with E-state index < -0.39 is 10.0 Å². The average molecular weight is 355 g/mol. The van der Waals surface area contributed by atoms with Gasteiger partial charge in [0.1, 0.15) is 0 Å². The predicted molar refractivity (Wildman–Crippen MR) is 83.6 cm³/mol. The third kappa shape index (κ3) is 3.20. The topological polar surface area (TPSA) is 63.4 Å². The molecule has 2 aromatic rings. The minimum Gasteiger partial charge on any atom is -0.398 e. The first-order chi connectivity index (χ1) is 9.41. The van der Waals surface area contributed by atoms with Gasteiger partial charge < -0.3 is 5.73 Å². The molecule has 0 aromatic heterocycles. The summed E-state index contributed by atoms with van der Waals surface area (Å²) >= 11 is 3.28. The van der Waals surface area contributed by atoms with Gasteiger partial charge in [0.05, 0.1) is 4.90 Å². The number of para-hydroxylation sites is 1. The fraction of sp³-hybridized carbons (Fsp3) is 0.143. The molecule has 0 fully saturated rings. The molecule has 0 bridgehead atoms. The van der Waals surface area contributed by atoms with Crippen molar-refractivity contribution in [1.82, 2.24) is 4.31 Å². The van der Waals surface area contributed by atoms with Crippen molar-refractivity contribution in [2.75, 3.05) is 12.8 Å². The maximum atomic E-state index is 12.5. The van der Waals surface area contributed by atoms with Crippen LogP contribution < -0.4 is 5.73 Å². The summed E-state index contributed by atoms with van der Waals surface area (Å²) in [6.45, 7) is 0.238. The predicted octanol–water partition coefficient (Wildman–Crippen LogP) is 2.85. The third-order valence-electron chi connectivity index (χ3n) is 2.95. The van der Waals surface area contributed by atoms with Crippen molar-refractivity contribution < 1.29 is 8.42 Å². The summed E-state index contributed by atoms with van der Waals surface area (Å²) in [7, 11) is -1.98. The van der Waals surface area contributed by atoms with E-state index in [2.05, 4.69) is 15.9 Å². The molecule has 2 N–H and O–H groups in total. The Hall–Kier alpha value is -1.37. The van der Waals surface area contributed by atoms with E-state index in [1.807, 2.05) is 18.2 Å². The van der Waals surface area contributed by atoms with Gasteiger partial charge in [-0.2, -0.15) is 4.31 Å². The van der Waals surface area contributed by atoms with Crippen molar-refractivity contribution >= 4 is 31.6 Å². The summed E-state index contributed by atoms with van der Waals surface area (Å²) in [5, 5.41) is 0. The van der Waals surface area contributed by atoms with Crippen LogP contribution in [-0.4, -0.2) is 19.8 Å². The smallest absolute Gasteiger partial charge is 0.243 e. The van der Waals surface area contributed by atoms with E-state index >= 15 is 0 Å². The van der Waals surface area contributed by atoms with Crippen LogP contribution in [0.25, 0.3) is 0 Å². The van der Waals surface area contributed by atoms with Crippen LogP contribution in [0.3, 0.4) is 0 Å². The lowest BCUT2D eigenvalue weighted by Crippen LogP contribution is -2.26. The number of hydrogen-bond acceptors (Lipinski definition) is 3. The Balaban J connectivity index is 2.29. The van der Waals surface area contributed by atoms with Crippen LogP contribution in [0.2, 0.25) is 0 Å². The molecule has 0 aliphatic carbocycles. The summed E-state index contributed by atoms with van der Waals surface area (Å²) in [6.07, 6.45) is 0. The lowest BCUT2D eigenvalue weighted by atomic mass is 10.2. The molecule has 106 valence electrons.